The number of benzene rings is 1. The molecule has 2 atom stereocenters. The summed E-state index contributed by atoms with van der Waals surface area (Å²) >= 11 is 0. The molecule has 14 heavy (non-hydrogen) atoms. The highest BCUT2D eigenvalue weighted by atomic mass is 16.6. The molecule has 1 aromatic carbocycles. The predicted molar refractivity (Wildman–Crippen MR) is 51.6 cm³/mol. The number of rotatable bonds is 3. The summed E-state index contributed by atoms with van der Waals surface area (Å²) in [5, 5.41) is 9.09. The van der Waals surface area contributed by atoms with Gasteiger partial charge in [-0.15, -0.1) is 0 Å². The first-order chi connectivity index (χ1) is 6.84. The molecule has 76 valence electrons. The van der Waals surface area contributed by atoms with Gasteiger partial charge < -0.3 is 14.6 Å². The molecule has 0 bridgehead atoms. The maximum Gasteiger partial charge on any atom is 0.157 e. The predicted octanol–water partition coefficient (Wildman–Crippen LogP) is 1.31. The molecule has 3 nitrogen and oxygen atoms in total. The first kappa shape index (κ1) is 9.65. The van der Waals surface area contributed by atoms with Gasteiger partial charge in [-0.2, -0.15) is 0 Å². The van der Waals surface area contributed by atoms with Crippen LogP contribution in [0.1, 0.15) is 12.0 Å². The van der Waals surface area contributed by atoms with Crippen LogP contribution < -0.4 is 0 Å². The van der Waals surface area contributed by atoms with E-state index in [2.05, 4.69) is 0 Å². The van der Waals surface area contributed by atoms with E-state index in [1.54, 1.807) is 0 Å². The number of ether oxygens (including phenoxy) is 2. The molecule has 0 aromatic heterocycles. The van der Waals surface area contributed by atoms with Crippen LogP contribution in [0, 0.1) is 0 Å². The average Bonchev–Trinajstić information content (AvgIpc) is 2.63. The van der Waals surface area contributed by atoms with E-state index in [9.17, 15) is 0 Å². The lowest BCUT2D eigenvalue weighted by atomic mass is 10.2. The zero-order valence-electron chi connectivity index (χ0n) is 7.93. The molecule has 0 aliphatic carbocycles. The highest BCUT2D eigenvalue weighted by Crippen LogP contribution is 2.15. The monoisotopic (exact) mass is 194 g/mol. The summed E-state index contributed by atoms with van der Waals surface area (Å²) in [6.07, 6.45) is -0.0340. The van der Waals surface area contributed by atoms with E-state index < -0.39 is 6.29 Å². The molecule has 0 radical (unpaired) electrons. The Bertz CT molecular complexity index is 273. The number of aliphatic hydroxyl groups is 1. The normalized spacial score (nSPS) is 26.6. The molecule has 0 saturated carbocycles. The lowest BCUT2D eigenvalue weighted by Crippen LogP contribution is -2.12. The third kappa shape index (κ3) is 2.54. The third-order valence-electron chi connectivity index (χ3n) is 2.27. The zero-order chi connectivity index (χ0) is 9.80. The molecule has 1 N–H and O–H groups in total. The lowest BCUT2D eigenvalue weighted by Gasteiger charge is -2.09. The molecular formula is C11H14O3. The van der Waals surface area contributed by atoms with Gasteiger partial charge in [-0.05, 0) is 5.56 Å². The smallest absolute Gasteiger partial charge is 0.157 e. The Balaban J connectivity index is 1.78. The Morgan fingerprint density at radius 3 is 2.79 bits per heavy atom. The summed E-state index contributed by atoms with van der Waals surface area (Å²) < 4.78 is 10.6. The molecule has 1 unspecified atom stereocenters. The fourth-order valence-electron chi connectivity index (χ4n) is 1.48. The number of hydrogen-bond acceptors (Lipinski definition) is 3. The van der Waals surface area contributed by atoms with Crippen LogP contribution in [-0.2, 0) is 16.1 Å². The van der Waals surface area contributed by atoms with Crippen molar-refractivity contribution in [2.45, 2.75) is 25.4 Å². The van der Waals surface area contributed by atoms with E-state index in [4.69, 9.17) is 14.6 Å². The summed E-state index contributed by atoms with van der Waals surface area (Å²) in [4.78, 5) is 0. The molecule has 0 spiro atoms. The van der Waals surface area contributed by atoms with Crippen molar-refractivity contribution in [3.05, 3.63) is 35.9 Å². The van der Waals surface area contributed by atoms with Gasteiger partial charge in [0.25, 0.3) is 0 Å². The van der Waals surface area contributed by atoms with Crippen molar-refractivity contribution in [2.24, 2.45) is 0 Å². The Kier molecular flexibility index (Phi) is 3.14. The first-order valence-corrected chi connectivity index (χ1v) is 4.80. The fraction of sp³-hybridized carbons (Fsp3) is 0.455. The van der Waals surface area contributed by atoms with Crippen LogP contribution in [0.15, 0.2) is 30.3 Å². The summed E-state index contributed by atoms with van der Waals surface area (Å²) in [6.45, 7) is 1.08. The van der Waals surface area contributed by atoms with E-state index in [0.29, 0.717) is 19.6 Å². The standard InChI is InChI=1S/C11H14O3/c12-11-6-10(8-14-11)13-7-9-4-2-1-3-5-9/h1-5,10-12H,6-8H2/t10-,11?/m1/s1. The first-order valence-electron chi connectivity index (χ1n) is 4.80. The maximum absolute atomic E-state index is 9.09. The molecule has 1 saturated heterocycles. The minimum Gasteiger partial charge on any atom is -0.371 e. The Labute approximate surface area is 83.3 Å². The number of aliphatic hydroxyl groups excluding tert-OH is 1. The van der Waals surface area contributed by atoms with Gasteiger partial charge in [-0.25, -0.2) is 0 Å². The van der Waals surface area contributed by atoms with Crippen molar-refractivity contribution < 1.29 is 14.6 Å². The van der Waals surface area contributed by atoms with Crippen LogP contribution >= 0.6 is 0 Å². The van der Waals surface area contributed by atoms with Crippen LogP contribution in [0.5, 0.6) is 0 Å². The molecule has 3 heteroatoms. The van der Waals surface area contributed by atoms with Gasteiger partial charge in [0.2, 0.25) is 0 Å². The average molecular weight is 194 g/mol. The molecule has 2 rings (SSSR count). The van der Waals surface area contributed by atoms with Gasteiger partial charge >= 0.3 is 0 Å². The van der Waals surface area contributed by atoms with Gasteiger partial charge in [-0.1, -0.05) is 30.3 Å². The van der Waals surface area contributed by atoms with Gasteiger partial charge in [0.1, 0.15) is 0 Å². The molecule has 1 aromatic rings. The van der Waals surface area contributed by atoms with Gasteiger partial charge in [0.15, 0.2) is 6.29 Å². The molecule has 1 fully saturated rings. The van der Waals surface area contributed by atoms with Crippen molar-refractivity contribution in [2.75, 3.05) is 6.61 Å². The highest BCUT2D eigenvalue weighted by Gasteiger charge is 2.23. The van der Waals surface area contributed by atoms with Crippen LogP contribution in [0.2, 0.25) is 0 Å². The van der Waals surface area contributed by atoms with Gasteiger partial charge in [0.05, 0.1) is 19.3 Å². The minimum absolute atomic E-state index is 0.0326. The largest absolute Gasteiger partial charge is 0.371 e. The van der Waals surface area contributed by atoms with Crippen LogP contribution in [0.3, 0.4) is 0 Å². The van der Waals surface area contributed by atoms with Gasteiger partial charge in [-0.3, -0.25) is 0 Å². The third-order valence-corrected chi connectivity index (χ3v) is 2.27. The maximum atomic E-state index is 9.09. The quantitative estimate of drug-likeness (QED) is 0.788. The SMILES string of the molecule is OC1C[C@@H](OCc2ccccc2)CO1. The van der Waals surface area contributed by atoms with Crippen molar-refractivity contribution >= 4 is 0 Å². The van der Waals surface area contributed by atoms with Crippen molar-refractivity contribution in [1.29, 1.82) is 0 Å². The summed E-state index contributed by atoms with van der Waals surface area (Å²) in [5.74, 6) is 0. The molecular weight excluding hydrogens is 180 g/mol. The Morgan fingerprint density at radius 2 is 2.14 bits per heavy atom. The van der Waals surface area contributed by atoms with Crippen LogP contribution in [-0.4, -0.2) is 24.1 Å². The van der Waals surface area contributed by atoms with E-state index >= 15 is 0 Å². The molecule has 0 amide bonds. The van der Waals surface area contributed by atoms with E-state index in [-0.39, 0.29) is 6.10 Å². The zero-order valence-corrected chi connectivity index (χ0v) is 7.93. The van der Waals surface area contributed by atoms with E-state index in [0.717, 1.165) is 5.56 Å². The summed E-state index contributed by atoms with van der Waals surface area (Å²) in [6, 6.07) is 9.99. The van der Waals surface area contributed by atoms with Crippen molar-refractivity contribution in [3.63, 3.8) is 0 Å². The minimum atomic E-state index is -0.643. The van der Waals surface area contributed by atoms with Crippen LogP contribution in [0.4, 0.5) is 0 Å². The van der Waals surface area contributed by atoms with E-state index in [1.807, 2.05) is 30.3 Å². The molecule has 1 heterocycles. The van der Waals surface area contributed by atoms with E-state index in [1.165, 1.54) is 0 Å². The Morgan fingerprint density at radius 1 is 1.36 bits per heavy atom. The van der Waals surface area contributed by atoms with Gasteiger partial charge in [0, 0.05) is 6.42 Å². The second-order valence-electron chi connectivity index (χ2n) is 3.44. The Hall–Kier alpha value is -0.900. The van der Waals surface area contributed by atoms with Crippen molar-refractivity contribution in [3.8, 4) is 0 Å². The topological polar surface area (TPSA) is 38.7 Å². The second kappa shape index (κ2) is 4.55. The molecule has 1 aliphatic rings. The number of hydrogen-bond donors (Lipinski definition) is 1. The fourth-order valence-corrected chi connectivity index (χ4v) is 1.48. The summed E-state index contributed by atoms with van der Waals surface area (Å²) in [7, 11) is 0. The molecule has 1 aliphatic heterocycles. The summed E-state index contributed by atoms with van der Waals surface area (Å²) in [5.41, 5.74) is 1.15. The van der Waals surface area contributed by atoms with Crippen molar-refractivity contribution in [1.82, 2.24) is 0 Å². The van der Waals surface area contributed by atoms with Crippen LogP contribution in [0.25, 0.3) is 0 Å². The highest BCUT2D eigenvalue weighted by molar-refractivity contribution is 5.13. The second-order valence-corrected chi connectivity index (χ2v) is 3.44. The lowest BCUT2D eigenvalue weighted by molar-refractivity contribution is -0.0602.